The third-order valence-corrected chi connectivity index (χ3v) is 9.00. The molecular formula is C37H37N11O4. The van der Waals surface area contributed by atoms with E-state index in [-0.39, 0.29) is 30.1 Å². The zero-order chi connectivity index (χ0) is 36.0. The van der Waals surface area contributed by atoms with E-state index in [0.29, 0.717) is 56.2 Å². The van der Waals surface area contributed by atoms with E-state index < -0.39 is 11.9 Å². The minimum absolute atomic E-state index is 0.0431. The number of aromatic nitrogens is 5. The van der Waals surface area contributed by atoms with Crippen molar-refractivity contribution in [1.82, 2.24) is 40.5 Å². The molecule has 0 aliphatic carbocycles. The minimum atomic E-state index is -0.654. The number of nitrogens with zero attached hydrogens (tertiary/aromatic N) is 6. The first-order valence-corrected chi connectivity index (χ1v) is 17.1. The molecule has 5 aromatic rings. The Morgan fingerprint density at radius 2 is 1.75 bits per heavy atom. The number of anilines is 4. The smallest absolute Gasteiger partial charge is 0.255 e. The number of amides is 4. The van der Waals surface area contributed by atoms with Crippen LogP contribution < -0.4 is 27.0 Å². The Hall–Kier alpha value is -6.64. The van der Waals surface area contributed by atoms with Gasteiger partial charge in [-0.2, -0.15) is 9.67 Å². The van der Waals surface area contributed by atoms with E-state index in [1.807, 2.05) is 72.8 Å². The highest BCUT2D eigenvalue weighted by atomic mass is 16.2. The van der Waals surface area contributed by atoms with Crippen molar-refractivity contribution in [1.29, 1.82) is 0 Å². The SMILES string of the molecule is Nc1nc(Nc2ccc(CNC(=O)CCCCNc3cccc4c3CN(C3CCC(=O)NC3=O)C4=O)cc2)nn1-c1ccc(-c2ccccc2)nn1. The normalized spacial score (nSPS) is 15.3. The molecule has 3 aromatic carbocycles. The van der Waals surface area contributed by atoms with Gasteiger partial charge in [-0.05, 0) is 61.2 Å². The molecule has 2 aromatic heterocycles. The van der Waals surface area contributed by atoms with Gasteiger partial charge in [0.1, 0.15) is 6.04 Å². The van der Waals surface area contributed by atoms with Crippen LogP contribution in [0.3, 0.4) is 0 Å². The maximum absolute atomic E-state index is 13.1. The molecule has 0 radical (unpaired) electrons. The Kier molecular flexibility index (Phi) is 9.82. The quantitative estimate of drug-likeness (QED) is 0.0886. The monoisotopic (exact) mass is 699 g/mol. The largest absolute Gasteiger partial charge is 0.385 e. The minimum Gasteiger partial charge on any atom is -0.385 e. The fraction of sp³-hybridized carbons (Fsp3) is 0.243. The molecule has 2 aliphatic heterocycles. The predicted octanol–water partition coefficient (Wildman–Crippen LogP) is 3.71. The molecular weight excluding hydrogens is 662 g/mol. The maximum atomic E-state index is 13.1. The summed E-state index contributed by atoms with van der Waals surface area (Å²) in [5.41, 5.74) is 11.7. The van der Waals surface area contributed by atoms with Crippen molar-refractivity contribution in [3.63, 3.8) is 0 Å². The summed E-state index contributed by atoms with van der Waals surface area (Å²) in [6.07, 6.45) is 2.35. The first-order chi connectivity index (χ1) is 25.3. The Morgan fingerprint density at radius 1 is 0.923 bits per heavy atom. The Bertz CT molecular complexity index is 2100. The number of hydrogen-bond acceptors (Lipinski definition) is 11. The molecule has 4 heterocycles. The summed E-state index contributed by atoms with van der Waals surface area (Å²) in [4.78, 5) is 55.4. The number of carbonyl (C=O) groups is 4. The second kappa shape index (κ2) is 15.1. The average Bonchev–Trinajstić information content (AvgIpc) is 3.70. The lowest BCUT2D eigenvalue weighted by Crippen LogP contribution is -2.52. The number of nitrogens with one attached hydrogen (secondary N) is 4. The summed E-state index contributed by atoms with van der Waals surface area (Å²) in [7, 11) is 0. The van der Waals surface area contributed by atoms with Gasteiger partial charge in [-0.3, -0.25) is 24.5 Å². The lowest BCUT2D eigenvalue weighted by atomic mass is 10.0. The Morgan fingerprint density at radius 3 is 2.52 bits per heavy atom. The van der Waals surface area contributed by atoms with Gasteiger partial charge in [-0.15, -0.1) is 15.3 Å². The molecule has 0 spiro atoms. The van der Waals surface area contributed by atoms with Crippen LogP contribution in [0.1, 0.15) is 53.6 Å². The summed E-state index contributed by atoms with van der Waals surface area (Å²) in [5.74, 6) is -0.0776. The van der Waals surface area contributed by atoms with Crippen molar-refractivity contribution in [3.8, 4) is 17.1 Å². The number of carbonyl (C=O) groups excluding carboxylic acids is 4. The molecule has 7 rings (SSSR count). The highest BCUT2D eigenvalue weighted by Gasteiger charge is 2.39. The topological polar surface area (TPSA) is 202 Å². The zero-order valence-corrected chi connectivity index (χ0v) is 28.2. The van der Waals surface area contributed by atoms with Crippen LogP contribution in [0.2, 0.25) is 0 Å². The van der Waals surface area contributed by atoms with E-state index in [1.165, 1.54) is 9.58 Å². The van der Waals surface area contributed by atoms with Gasteiger partial charge < -0.3 is 26.6 Å². The van der Waals surface area contributed by atoms with Gasteiger partial charge in [0.2, 0.25) is 29.6 Å². The van der Waals surface area contributed by atoms with E-state index in [2.05, 4.69) is 41.5 Å². The van der Waals surface area contributed by atoms with Crippen molar-refractivity contribution in [2.75, 3.05) is 22.9 Å². The molecule has 0 saturated carbocycles. The summed E-state index contributed by atoms with van der Waals surface area (Å²) in [6, 6.07) is 25.8. The maximum Gasteiger partial charge on any atom is 0.255 e. The van der Waals surface area contributed by atoms with E-state index in [0.717, 1.165) is 40.2 Å². The molecule has 1 unspecified atom stereocenters. The molecule has 4 amide bonds. The van der Waals surface area contributed by atoms with E-state index in [4.69, 9.17) is 5.73 Å². The average molecular weight is 700 g/mol. The highest BCUT2D eigenvalue weighted by Crippen LogP contribution is 2.32. The molecule has 15 nitrogen and oxygen atoms in total. The molecule has 52 heavy (non-hydrogen) atoms. The fourth-order valence-electron chi connectivity index (χ4n) is 6.26. The number of fused-ring (bicyclic) bond motifs is 1. The number of nitrogen functional groups attached to an aromatic ring is 1. The number of unbranched alkanes of at least 4 members (excludes halogenated alkanes) is 1. The second-order valence-corrected chi connectivity index (χ2v) is 12.6. The van der Waals surface area contributed by atoms with Crippen LogP contribution in [-0.4, -0.2) is 66.1 Å². The molecule has 6 N–H and O–H groups in total. The van der Waals surface area contributed by atoms with Gasteiger partial charge >= 0.3 is 0 Å². The second-order valence-electron chi connectivity index (χ2n) is 12.6. The van der Waals surface area contributed by atoms with Crippen molar-refractivity contribution in [2.45, 2.75) is 51.2 Å². The third-order valence-electron chi connectivity index (χ3n) is 9.00. The van der Waals surface area contributed by atoms with E-state index in [1.54, 1.807) is 12.1 Å². The Labute approximate surface area is 299 Å². The molecule has 1 atom stereocenters. The molecule has 1 fully saturated rings. The van der Waals surface area contributed by atoms with Crippen molar-refractivity contribution in [3.05, 3.63) is 102 Å². The van der Waals surface area contributed by atoms with Crippen LogP contribution in [-0.2, 0) is 27.5 Å². The van der Waals surface area contributed by atoms with Gasteiger partial charge in [0.05, 0.1) is 5.69 Å². The number of piperidine rings is 1. The highest BCUT2D eigenvalue weighted by molar-refractivity contribution is 6.06. The third kappa shape index (κ3) is 7.57. The molecule has 15 heteroatoms. The number of rotatable bonds is 13. The van der Waals surface area contributed by atoms with Crippen LogP contribution in [0, 0.1) is 0 Å². The zero-order valence-electron chi connectivity index (χ0n) is 28.2. The summed E-state index contributed by atoms with van der Waals surface area (Å²) in [5, 5.41) is 24.8. The van der Waals surface area contributed by atoms with Crippen LogP contribution in [0.25, 0.3) is 17.1 Å². The number of nitrogens with two attached hydrogens (primary N) is 1. The van der Waals surface area contributed by atoms with E-state index >= 15 is 0 Å². The van der Waals surface area contributed by atoms with Gasteiger partial charge in [-0.25, -0.2) is 0 Å². The van der Waals surface area contributed by atoms with Crippen LogP contribution >= 0.6 is 0 Å². The van der Waals surface area contributed by atoms with Gasteiger partial charge in [0, 0.05) is 60.5 Å². The first kappa shape index (κ1) is 33.8. The first-order valence-electron chi connectivity index (χ1n) is 17.1. The molecule has 264 valence electrons. The summed E-state index contributed by atoms with van der Waals surface area (Å²) in [6.45, 7) is 1.32. The predicted molar refractivity (Wildman–Crippen MR) is 193 cm³/mol. The van der Waals surface area contributed by atoms with E-state index in [9.17, 15) is 19.2 Å². The molecule has 0 bridgehead atoms. The van der Waals surface area contributed by atoms with Gasteiger partial charge in [-0.1, -0.05) is 48.5 Å². The van der Waals surface area contributed by atoms with Crippen molar-refractivity contribution in [2.24, 2.45) is 0 Å². The Balaban J connectivity index is 0.831. The number of imide groups is 1. The van der Waals surface area contributed by atoms with Crippen molar-refractivity contribution >= 4 is 46.9 Å². The number of hydrogen-bond donors (Lipinski definition) is 5. The van der Waals surface area contributed by atoms with Crippen LogP contribution in [0.15, 0.2) is 84.9 Å². The van der Waals surface area contributed by atoms with Crippen LogP contribution in [0.5, 0.6) is 0 Å². The standard InChI is InChI=1S/C37H37N11O4/c38-36-43-37(46-48(36)31-18-16-28(44-45-31)24-7-2-1-3-8-24)41-25-14-12-23(13-15-25)21-40-32(49)11-4-5-20-39-29-10-6-9-26-27(29)22-47(35(26)52)30-17-19-33(50)42-34(30)51/h1-3,6-10,12-16,18,30,39H,4-5,11,17,19-22H2,(H,40,49)(H,42,50,51)(H3,38,41,43,46). The molecule has 2 aliphatic rings. The lowest BCUT2D eigenvalue weighted by Gasteiger charge is -2.29. The summed E-state index contributed by atoms with van der Waals surface area (Å²) < 4.78 is 1.42. The fourth-order valence-corrected chi connectivity index (χ4v) is 6.26. The van der Waals surface area contributed by atoms with Gasteiger partial charge in [0.25, 0.3) is 5.91 Å². The number of benzene rings is 3. The van der Waals surface area contributed by atoms with Crippen molar-refractivity contribution < 1.29 is 19.2 Å². The van der Waals surface area contributed by atoms with Gasteiger partial charge in [0.15, 0.2) is 5.82 Å². The summed E-state index contributed by atoms with van der Waals surface area (Å²) >= 11 is 0. The lowest BCUT2D eigenvalue weighted by molar-refractivity contribution is -0.137. The molecule has 1 saturated heterocycles. The van der Waals surface area contributed by atoms with Crippen LogP contribution in [0.4, 0.5) is 23.3 Å².